The van der Waals surface area contributed by atoms with E-state index in [9.17, 15) is 36.6 Å². The summed E-state index contributed by atoms with van der Waals surface area (Å²) in [5.41, 5.74) is 2.08. The van der Waals surface area contributed by atoms with Crippen molar-refractivity contribution < 1.29 is 36.6 Å². The first kappa shape index (κ1) is 37.5. The van der Waals surface area contributed by atoms with E-state index in [0.29, 0.717) is 22.8 Å². The van der Waals surface area contributed by atoms with Crippen LogP contribution in [0.3, 0.4) is 0 Å². The Hall–Kier alpha value is -3.50. The number of sulfonamides is 2. The van der Waals surface area contributed by atoms with Gasteiger partial charge in [0.05, 0.1) is 21.2 Å². The van der Waals surface area contributed by atoms with Crippen LogP contribution in [-0.4, -0.2) is 64.0 Å². The summed E-state index contributed by atoms with van der Waals surface area (Å²) >= 11 is 0. The Labute approximate surface area is 257 Å². The molecule has 2 radical (unpaired) electrons. The third-order valence-electron chi connectivity index (χ3n) is 4.29. The van der Waals surface area contributed by atoms with Gasteiger partial charge in [-0.2, -0.15) is 0 Å². The zero-order chi connectivity index (χ0) is 30.7. The molecule has 0 bridgehead atoms. The van der Waals surface area contributed by atoms with Crippen LogP contribution >= 0.6 is 0 Å². The molecule has 0 aliphatic rings. The summed E-state index contributed by atoms with van der Waals surface area (Å²) in [6, 6.07) is 11.3. The largest absolute Gasteiger partial charge is 2.00 e. The fourth-order valence-electron chi connectivity index (χ4n) is 2.96. The van der Waals surface area contributed by atoms with Crippen LogP contribution in [-0.2, 0) is 29.6 Å². The molecular weight excluding hydrogens is 679 g/mol. The molecule has 0 heterocycles. The Kier molecular flexibility index (Phi) is 15.3. The summed E-state index contributed by atoms with van der Waals surface area (Å²) in [5, 5.41) is 21.8. The van der Waals surface area contributed by atoms with E-state index >= 15 is 0 Å². The molecule has 0 saturated heterocycles. The number of hydrogen-bond acceptors (Lipinski definition) is 10. The second-order valence-corrected chi connectivity index (χ2v) is 11.7. The first-order valence-electron chi connectivity index (χ1n) is 11.5. The minimum absolute atomic E-state index is 0. The molecule has 2 amide bonds. The average Bonchev–Trinajstić information content (AvgIpc) is 2.77. The van der Waals surface area contributed by atoms with Crippen molar-refractivity contribution in [2.75, 3.05) is 0 Å². The predicted octanol–water partition coefficient (Wildman–Crippen LogP) is 1.36. The summed E-state index contributed by atoms with van der Waals surface area (Å²) in [7, 11) is -7.67. The van der Waals surface area contributed by atoms with Crippen LogP contribution in [0, 0.1) is 0 Å². The normalized spacial score (nSPS) is 12.8. The molecule has 0 aliphatic heterocycles. The van der Waals surface area contributed by atoms with Crippen LogP contribution in [0.1, 0.15) is 41.5 Å². The Morgan fingerprint density at radius 3 is 1.10 bits per heavy atom. The van der Waals surface area contributed by atoms with Crippen molar-refractivity contribution in [2.45, 2.75) is 51.3 Å². The van der Waals surface area contributed by atoms with Crippen LogP contribution in [0.25, 0.3) is 0 Å². The zero-order valence-electron chi connectivity index (χ0n) is 23.3. The number of nitrogens with zero attached hydrogens (tertiary/aromatic N) is 2. The van der Waals surface area contributed by atoms with Gasteiger partial charge < -0.3 is 10.2 Å². The molecule has 0 spiro atoms. The van der Waals surface area contributed by atoms with E-state index in [1.165, 1.54) is 74.5 Å². The Bertz CT molecular complexity index is 1430. The number of hydrogen-bond donors (Lipinski definition) is 2. The molecule has 12 nitrogen and oxygen atoms in total. The first-order valence-corrected chi connectivity index (χ1v) is 14.5. The molecule has 218 valence electrons. The smallest absolute Gasteiger partial charge is 0.876 e. The van der Waals surface area contributed by atoms with Crippen molar-refractivity contribution in [3.05, 3.63) is 72.2 Å². The second-order valence-electron chi connectivity index (χ2n) is 8.33. The van der Waals surface area contributed by atoms with Crippen molar-refractivity contribution in [1.29, 1.82) is 0 Å². The van der Waals surface area contributed by atoms with E-state index in [1.807, 2.05) is 9.44 Å². The van der Waals surface area contributed by atoms with E-state index in [4.69, 9.17) is 0 Å². The van der Waals surface area contributed by atoms with Gasteiger partial charge in [0, 0.05) is 25.3 Å². The van der Waals surface area contributed by atoms with Crippen molar-refractivity contribution in [1.82, 2.24) is 9.44 Å². The topological polar surface area (TPSA) is 197 Å². The molecule has 0 fully saturated rings. The van der Waals surface area contributed by atoms with Gasteiger partial charge in [-0.3, -0.25) is 19.6 Å². The zero-order valence-corrected chi connectivity index (χ0v) is 27.7. The maximum absolute atomic E-state index is 11.7. The number of allylic oxidation sites excluding steroid dienone is 4. The van der Waals surface area contributed by atoms with E-state index in [0.717, 1.165) is 13.8 Å². The first-order chi connectivity index (χ1) is 18.4. The van der Waals surface area contributed by atoms with Crippen LogP contribution in [0.4, 0.5) is 11.4 Å². The fourth-order valence-corrected chi connectivity index (χ4v) is 4.94. The Morgan fingerprint density at radius 1 is 0.610 bits per heavy atom. The van der Waals surface area contributed by atoms with Crippen LogP contribution in [0.15, 0.2) is 92.0 Å². The second kappa shape index (κ2) is 16.7. The molecule has 2 aromatic carbocycles. The summed E-state index contributed by atoms with van der Waals surface area (Å²) in [6.45, 7) is 8.42. The van der Waals surface area contributed by atoms with Gasteiger partial charge in [-0.05, 0) is 62.4 Å². The Balaban J connectivity index is 0.000000762. The fraction of sp³-hybridized carbons (Fsp3) is 0.231. The molecule has 0 saturated carbocycles. The maximum atomic E-state index is 11.7. The van der Waals surface area contributed by atoms with Crippen molar-refractivity contribution in [2.24, 2.45) is 9.98 Å². The minimum atomic E-state index is -3.83. The summed E-state index contributed by atoms with van der Waals surface area (Å²) in [6.07, 6.45) is 2.75. The molecule has 0 unspecified atom stereocenters. The number of carbonyl (C=O) groups is 2. The molecular formula is C26H30N4O8S2Sn. The van der Waals surface area contributed by atoms with Gasteiger partial charge in [-0.25, -0.2) is 26.3 Å². The number of rotatable bonds is 8. The summed E-state index contributed by atoms with van der Waals surface area (Å²) in [5.74, 6) is -1.54. The van der Waals surface area contributed by atoms with Gasteiger partial charge in [-0.15, -0.1) is 11.5 Å². The maximum Gasteiger partial charge on any atom is 2.00 e. The quantitative estimate of drug-likeness (QED) is 0.233. The Morgan fingerprint density at radius 2 is 0.878 bits per heavy atom. The SMILES string of the molecule is CC(=O)NS(=O)(=O)c1ccc(N=C(C)/C=C(/C)[O-])cc1.CC(=O)NS(=O)(=O)c1ccc(N=C(C)/C=C(/C)[O-])cc1.[Sn+2]. The van der Waals surface area contributed by atoms with Gasteiger partial charge in [0.25, 0.3) is 20.0 Å². The van der Waals surface area contributed by atoms with Crippen molar-refractivity contribution in [3.8, 4) is 0 Å². The molecule has 2 N–H and O–H groups in total. The van der Waals surface area contributed by atoms with Gasteiger partial charge in [0.15, 0.2) is 0 Å². The number of amides is 2. The predicted molar refractivity (Wildman–Crippen MR) is 154 cm³/mol. The number of nitrogens with one attached hydrogen (secondary N) is 2. The van der Waals surface area contributed by atoms with E-state index in [1.54, 1.807) is 13.8 Å². The molecule has 2 aromatic rings. The minimum Gasteiger partial charge on any atom is -0.876 e. The molecule has 41 heavy (non-hydrogen) atoms. The van der Waals surface area contributed by atoms with E-state index in [-0.39, 0.29) is 45.2 Å². The standard InChI is InChI=1S/2C13H16N2O4S.Sn/c2*1-9(8-10(2)16)14-12-4-6-13(7-5-12)20(18,19)15-11(3)17;/h2*4-8,16H,1-3H3,(H,15,17);/q;;+2/p-2/b2*10-8-,14-9?;. The summed E-state index contributed by atoms with van der Waals surface area (Å²) in [4.78, 5) is 29.8. The van der Waals surface area contributed by atoms with Gasteiger partial charge in [0.1, 0.15) is 0 Å². The monoisotopic (exact) mass is 710 g/mol. The van der Waals surface area contributed by atoms with Crippen LogP contribution in [0.2, 0.25) is 0 Å². The third kappa shape index (κ3) is 14.6. The molecule has 0 aliphatic carbocycles. The molecule has 15 heteroatoms. The van der Waals surface area contributed by atoms with Crippen LogP contribution < -0.4 is 19.7 Å². The average molecular weight is 709 g/mol. The number of aliphatic imine (C=N–C) groups is 2. The van der Waals surface area contributed by atoms with Crippen molar-refractivity contribution >= 4 is 78.6 Å². The summed E-state index contributed by atoms with van der Waals surface area (Å²) < 4.78 is 50.5. The van der Waals surface area contributed by atoms with E-state index in [2.05, 4.69) is 9.98 Å². The van der Waals surface area contributed by atoms with Gasteiger partial charge >= 0.3 is 23.9 Å². The third-order valence-corrected chi connectivity index (χ3v) is 7.18. The molecule has 2 rings (SSSR count). The molecule has 0 aromatic heterocycles. The van der Waals surface area contributed by atoms with Crippen molar-refractivity contribution in [3.63, 3.8) is 0 Å². The van der Waals surface area contributed by atoms with Gasteiger partial charge in [-0.1, -0.05) is 26.0 Å². The van der Waals surface area contributed by atoms with Gasteiger partial charge in [0.2, 0.25) is 11.8 Å². The molecule has 0 atom stereocenters. The van der Waals surface area contributed by atoms with E-state index < -0.39 is 31.9 Å². The number of benzene rings is 2. The van der Waals surface area contributed by atoms with Crippen LogP contribution in [0.5, 0.6) is 0 Å². The number of carbonyl (C=O) groups excluding carboxylic acids is 2.